The Labute approximate surface area is 104 Å². The highest BCUT2D eigenvalue weighted by molar-refractivity contribution is 7.12. The van der Waals surface area contributed by atoms with E-state index in [9.17, 15) is 9.59 Å². The zero-order chi connectivity index (χ0) is 12.7. The first-order chi connectivity index (χ1) is 8.15. The molecule has 1 amide bonds. The normalized spacial score (nSPS) is 10.2. The second-order valence-corrected chi connectivity index (χ2v) is 4.38. The lowest BCUT2D eigenvalue weighted by Crippen LogP contribution is -2.27. The molecule has 17 heavy (non-hydrogen) atoms. The molecule has 0 saturated carbocycles. The minimum absolute atomic E-state index is 0.00350. The second kappa shape index (κ2) is 7.03. The first kappa shape index (κ1) is 13.7. The number of rotatable bonds is 7. The molecular weight excluding hydrogens is 240 g/mol. The maximum absolute atomic E-state index is 11.1. The monoisotopic (exact) mass is 256 g/mol. The van der Waals surface area contributed by atoms with Crippen molar-refractivity contribution in [2.24, 2.45) is 0 Å². The van der Waals surface area contributed by atoms with Crippen LogP contribution in [-0.2, 0) is 11.3 Å². The van der Waals surface area contributed by atoms with Gasteiger partial charge in [-0.3, -0.25) is 4.79 Å². The molecule has 1 heterocycles. The first-order valence-corrected chi connectivity index (χ1v) is 6.30. The van der Waals surface area contributed by atoms with Gasteiger partial charge in [-0.05, 0) is 23.9 Å². The molecule has 3 N–H and O–H groups in total. The van der Waals surface area contributed by atoms with E-state index in [0.29, 0.717) is 30.9 Å². The average molecular weight is 256 g/mol. The summed E-state index contributed by atoms with van der Waals surface area (Å²) in [6.07, 6.45) is 0.403. The number of aromatic carboxylic acids is 1. The Morgan fingerprint density at radius 1 is 1.47 bits per heavy atom. The third kappa shape index (κ3) is 4.54. The van der Waals surface area contributed by atoms with Crippen LogP contribution in [0.5, 0.6) is 0 Å². The van der Waals surface area contributed by atoms with E-state index in [1.165, 1.54) is 11.3 Å². The minimum Gasteiger partial charge on any atom is -0.477 e. The van der Waals surface area contributed by atoms with Gasteiger partial charge in [0.2, 0.25) is 5.91 Å². The van der Waals surface area contributed by atoms with Crippen molar-refractivity contribution in [1.29, 1.82) is 0 Å². The van der Waals surface area contributed by atoms with Gasteiger partial charge in [-0.1, -0.05) is 0 Å². The van der Waals surface area contributed by atoms with Crippen molar-refractivity contribution in [3.05, 3.63) is 21.9 Å². The van der Waals surface area contributed by atoms with Gasteiger partial charge in [-0.15, -0.1) is 11.3 Å². The molecule has 0 aliphatic heterocycles. The number of thiophene rings is 1. The minimum atomic E-state index is -0.902. The Kier molecular flexibility index (Phi) is 5.65. The van der Waals surface area contributed by atoms with Gasteiger partial charge < -0.3 is 15.7 Å². The highest BCUT2D eigenvalue weighted by Gasteiger charge is 2.10. The van der Waals surface area contributed by atoms with E-state index in [1.54, 1.807) is 11.4 Å². The van der Waals surface area contributed by atoms with Crippen molar-refractivity contribution in [1.82, 2.24) is 10.6 Å². The summed E-state index contributed by atoms with van der Waals surface area (Å²) in [4.78, 5) is 22.3. The fraction of sp³-hybridized carbons (Fsp3) is 0.455. The fourth-order valence-corrected chi connectivity index (χ4v) is 2.13. The van der Waals surface area contributed by atoms with Gasteiger partial charge >= 0.3 is 5.97 Å². The molecule has 1 aromatic heterocycles. The SMILES string of the molecule is CCNC(=O)CCNCc1ccsc1C(=O)O. The summed E-state index contributed by atoms with van der Waals surface area (Å²) in [5, 5.41) is 16.4. The molecule has 0 radical (unpaired) electrons. The van der Waals surface area contributed by atoms with Crippen LogP contribution in [0.1, 0.15) is 28.6 Å². The summed E-state index contributed by atoms with van der Waals surface area (Å²) in [6.45, 7) is 3.52. The number of carbonyl (C=O) groups is 2. The van der Waals surface area contributed by atoms with Crippen LogP contribution in [0.25, 0.3) is 0 Å². The second-order valence-electron chi connectivity index (χ2n) is 3.46. The number of nitrogens with one attached hydrogen (secondary N) is 2. The molecule has 0 aliphatic rings. The largest absolute Gasteiger partial charge is 0.477 e. The molecule has 0 fully saturated rings. The molecule has 6 heteroatoms. The number of carboxylic acid groups (broad SMARTS) is 1. The summed E-state index contributed by atoms with van der Waals surface area (Å²) in [6, 6.07) is 1.78. The Hall–Kier alpha value is -1.40. The Bertz CT molecular complexity index is 390. The molecular formula is C11H16N2O3S. The molecule has 0 atom stereocenters. The zero-order valence-electron chi connectivity index (χ0n) is 9.66. The van der Waals surface area contributed by atoms with Crippen LogP contribution in [0, 0.1) is 0 Å². The van der Waals surface area contributed by atoms with Gasteiger partial charge in [0.25, 0.3) is 0 Å². The van der Waals surface area contributed by atoms with Gasteiger partial charge in [0, 0.05) is 26.1 Å². The topological polar surface area (TPSA) is 78.4 Å². The van der Waals surface area contributed by atoms with E-state index in [2.05, 4.69) is 10.6 Å². The van der Waals surface area contributed by atoms with Gasteiger partial charge in [0.15, 0.2) is 0 Å². The molecule has 1 rings (SSSR count). The lowest BCUT2D eigenvalue weighted by Gasteiger charge is -2.04. The number of carbonyl (C=O) groups excluding carboxylic acids is 1. The fourth-order valence-electron chi connectivity index (χ4n) is 1.37. The lowest BCUT2D eigenvalue weighted by molar-refractivity contribution is -0.120. The third-order valence-corrected chi connectivity index (χ3v) is 3.10. The molecule has 94 valence electrons. The predicted molar refractivity (Wildman–Crippen MR) is 66.3 cm³/mol. The van der Waals surface area contributed by atoms with Gasteiger partial charge in [-0.25, -0.2) is 4.79 Å². The van der Waals surface area contributed by atoms with Crippen molar-refractivity contribution in [3.8, 4) is 0 Å². The van der Waals surface area contributed by atoms with Crippen LogP contribution >= 0.6 is 11.3 Å². The smallest absolute Gasteiger partial charge is 0.346 e. The van der Waals surface area contributed by atoms with Gasteiger partial charge in [0.1, 0.15) is 4.88 Å². The van der Waals surface area contributed by atoms with Crippen molar-refractivity contribution in [2.45, 2.75) is 19.9 Å². The maximum Gasteiger partial charge on any atom is 0.346 e. The van der Waals surface area contributed by atoms with E-state index < -0.39 is 5.97 Å². The van der Waals surface area contributed by atoms with Crippen molar-refractivity contribution in [2.75, 3.05) is 13.1 Å². The summed E-state index contributed by atoms with van der Waals surface area (Å²) >= 11 is 1.21. The van der Waals surface area contributed by atoms with Gasteiger partial charge in [-0.2, -0.15) is 0 Å². The lowest BCUT2D eigenvalue weighted by atomic mass is 10.2. The van der Waals surface area contributed by atoms with Crippen LogP contribution in [-0.4, -0.2) is 30.1 Å². The molecule has 0 spiro atoms. The first-order valence-electron chi connectivity index (χ1n) is 5.42. The van der Waals surface area contributed by atoms with E-state index >= 15 is 0 Å². The molecule has 0 aliphatic carbocycles. The van der Waals surface area contributed by atoms with E-state index in [-0.39, 0.29) is 5.91 Å². The number of carboxylic acids is 1. The number of hydrogen-bond donors (Lipinski definition) is 3. The molecule has 5 nitrogen and oxygen atoms in total. The average Bonchev–Trinajstić information content (AvgIpc) is 2.73. The summed E-state index contributed by atoms with van der Waals surface area (Å²) in [5.41, 5.74) is 0.762. The van der Waals surface area contributed by atoms with Crippen LogP contribution in [0.2, 0.25) is 0 Å². The molecule has 0 aromatic carbocycles. The molecule has 0 unspecified atom stereocenters. The Balaban J connectivity index is 2.29. The number of hydrogen-bond acceptors (Lipinski definition) is 4. The predicted octanol–water partition coefficient (Wildman–Crippen LogP) is 1.06. The van der Waals surface area contributed by atoms with E-state index in [4.69, 9.17) is 5.11 Å². The van der Waals surface area contributed by atoms with Gasteiger partial charge in [0.05, 0.1) is 0 Å². The van der Waals surface area contributed by atoms with Crippen LogP contribution in [0.3, 0.4) is 0 Å². The van der Waals surface area contributed by atoms with Crippen molar-refractivity contribution < 1.29 is 14.7 Å². The van der Waals surface area contributed by atoms with Crippen molar-refractivity contribution in [3.63, 3.8) is 0 Å². The molecule has 0 bridgehead atoms. The van der Waals surface area contributed by atoms with E-state index in [1.807, 2.05) is 6.92 Å². The molecule has 0 saturated heterocycles. The quantitative estimate of drug-likeness (QED) is 0.637. The third-order valence-electron chi connectivity index (χ3n) is 2.16. The van der Waals surface area contributed by atoms with E-state index in [0.717, 1.165) is 5.56 Å². The standard InChI is InChI=1S/C11H16N2O3S/c1-2-13-9(14)3-5-12-7-8-4-6-17-10(8)11(15)16/h4,6,12H,2-3,5,7H2,1H3,(H,13,14)(H,15,16). The van der Waals surface area contributed by atoms with Crippen LogP contribution in [0.15, 0.2) is 11.4 Å². The Morgan fingerprint density at radius 3 is 2.88 bits per heavy atom. The maximum atomic E-state index is 11.1. The van der Waals surface area contributed by atoms with Crippen molar-refractivity contribution >= 4 is 23.2 Å². The number of amides is 1. The highest BCUT2D eigenvalue weighted by Crippen LogP contribution is 2.16. The highest BCUT2D eigenvalue weighted by atomic mass is 32.1. The Morgan fingerprint density at radius 2 is 2.24 bits per heavy atom. The summed E-state index contributed by atoms with van der Waals surface area (Å²) < 4.78 is 0. The van der Waals surface area contributed by atoms with Crippen LogP contribution < -0.4 is 10.6 Å². The zero-order valence-corrected chi connectivity index (χ0v) is 10.5. The summed E-state index contributed by atoms with van der Waals surface area (Å²) in [7, 11) is 0. The summed E-state index contributed by atoms with van der Waals surface area (Å²) in [5.74, 6) is -0.899. The molecule has 1 aromatic rings. The van der Waals surface area contributed by atoms with Crippen LogP contribution in [0.4, 0.5) is 0 Å².